The van der Waals surface area contributed by atoms with Gasteiger partial charge in [-0.1, -0.05) is 198 Å². The summed E-state index contributed by atoms with van der Waals surface area (Å²) in [5.41, 5.74) is 7.41. The molecule has 0 aliphatic carbocycles. The largest absolute Gasteiger partial charge is 1.00 e. The van der Waals surface area contributed by atoms with E-state index in [4.69, 9.17) is 45.5 Å². The second kappa shape index (κ2) is 50.3. The number of carbonyl (C=O) groups excluding carboxylic acids is 9. The molecular weight excluding hydrogens is 2320 g/mol. The van der Waals surface area contributed by atoms with E-state index in [0.717, 1.165) is 139 Å². The van der Waals surface area contributed by atoms with Crippen molar-refractivity contribution < 1.29 is 227 Å². The summed E-state index contributed by atoms with van der Waals surface area (Å²) >= 11 is 10.6. The summed E-state index contributed by atoms with van der Waals surface area (Å²) in [6.45, 7) is 25.6. The maximum Gasteiger partial charge on any atom is 1.00 e. The Hall–Kier alpha value is -9.67. The molecule has 35 heteroatoms. The summed E-state index contributed by atoms with van der Waals surface area (Å²) < 4.78 is 23.8. The van der Waals surface area contributed by atoms with Crippen LogP contribution in [0.3, 0.4) is 0 Å². The minimum atomic E-state index is -0.785. The van der Waals surface area contributed by atoms with Crippen LogP contribution in [0.15, 0.2) is 228 Å². The van der Waals surface area contributed by atoms with Crippen LogP contribution >= 0.6 is 47.8 Å². The van der Waals surface area contributed by atoms with Crippen LogP contribution in [-0.4, -0.2) is 204 Å². The quantitative estimate of drug-likeness (QED) is 0.0149. The van der Waals surface area contributed by atoms with E-state index in [2.05, 4.69) is 109 Å². The van der Waals surface area contributed by atoms with Crippen LogP contribution in [0.5, 0.6) is 0 Å². The van der Waals surface area contributed by atoms with E-state index in [1.807, 2.05) is 282 Å². The molecule has 20 rings (SSSR count). The maximum absolute atomic E-state index is 13.9. The zero-order chi connectivity index (χ0) is 105. The fourth-order valence-electron chi connectivity index (χ4n) is 18.9. The molecule has 4 saturated heterocycles. The number of hydrogen-bond donors (Lipinski definition) is 4. The van der Waals surface area contributed by atoms with Gasteiger partial charge in [0.1, 0.15) is 44.1 Å². The first-order chi connectivity index (χ1) is 69.6. The molecule has 762 valence electrons. The number of rotatable bonds is 14. The fraction of sp³-hybridized carbons (Fsp3) is 0.354. The van der Waals surface area contributed by atoms with E-state index in [1.165, 1.54) is 10.8 Å². The third-order valence-electron chi connectivity index (χ3n) is 25.6. The van der Waals surface area contributed by atoms with Crippen LogP contribution in [0.25, 0.3) is 43.1 Å². The van der Waals surface area contributed by atoms with Gasteiger partial charge in [-0.05, 0) is 202 Å². The molecule has 8 amide bonds. The van der Waals surface area contributed by atoms with Gasteiger partial charge in [0.05, 0.1) is 61.2 Å². The van der Waals surface area contributed by atoms with Crippen LogP contribution in [-0.2, 0) is 101 Å². The number of aryl methyl sites for hydroxylation is 1. The van der Waals surface area contributed by atoms with Crippen molar-refractivity contribution in [2.24, 2.45) is 0 Å². The number of hydrogen-bond acceptors (Lipinski definition) is 22. The van der Waals surface area contributed by atoms with Crippen LogP contribution in [0.4, 0.5) is 41.9 Å². The first kappa shape index (κ1) is 117. The standard InChI is InChI=1S/C29H33N3O4.C29H29N3O4.C25H24BrN3O3.C15H18N2O3.C10H7Br2N.C4H6O.CH2O3.2Cs.H/c2*1-28(2,3)36-27(35)31-18-29(19-31)23-13-6-7-14-25(23)32(26(29)34)17-24-22(12-8-9-15-33)21-11-5-4-10-20(21)16-30-24;1-24(2,3)32-23(31)28-14-25(15-28)18-10-6-7-11-20(18)29(22(25)30)13-19-21(26)17-9-5-4-8-16(17)12-27-19;1-14(2,3)20-13(19)17-8-15(9-17)10-6-4-5-7-11(10)16-12(15)18;11-5-9-10(12)8-4-2-1-3-7(8)6-13-9;1-2-3-4-5;2-1-4-3;;;/h4-7,10-11,13-14,16,33H,8-9,12,15,17-19H2,1-3H3;4-7,10-11,13-14,16,33H,9,15,17-19H2,1-3H3;4-12H,13-15H2,1-3H3;4-7H,8-9H2,1-3H3,(H,16,18);1-4,6H,5H2;1,5H,3-4H2;1,3H;;;/q;;;;;;;2*+1;-1/p-1. The van der Waals surface area contributed by atoms with Gasteiger partial charge in [0.25, 0.3) is 6.47 Å². The molecule has 8 aliphatic heterocycles. The molecule has 4 fully saturated rings. The number of likely N-dealkylation sites (tertiary alicyclic amines) is 4. The van der Waals surface area contributed by atoms with E-state index in [9.17, 15) is 48.6 Å². The van der Waals surface area contributed by atoms with E-state index in [0.29, 0.717) is 70.9 Å². The van der Waals surface area contributed by atoms with Crippen molar-refractivity contribution >= 4 is 168 Å². The monoisotopic (exact) mass is 2430 g/mol. The van der Waals surface area contributed by atoms with Gasteiger partial charge in [0.2, 0.25) is 23.6 Å². The van der Waals surface area contributed by atoms with Crippen LogP contribution in [0.1, 0.15) is 166 Å². The molecule has 0 saturated carbocycles. The number of carbonyl (C=O) groups is 9. The molecule has 148 heavy (non-hydrogen) atoms. The number of aliphatic hydroxyl groups is 3. The summed E-state index contributed by atoms with van der Waals surface area (Å²) in [5.74, 6) is 8.39. The topological polar surface area (TPSA) is 370 Å². The Labute approximate surface area is 1010 Å². The second-order valence-corrected chi connectivity index (χ2v) is 42.7. The van der Waals surface area contributed by atoms with E-state index in [1.54, 1.807) is 35.6 Å². The summed E-state index contributed by atoms with van der Waals surface area (Å²) in [6.07, 6.45) is 13.8. The number of nitrogens with one attached hydrogen (secondary N) is 1. The average Bonchev–Trinajstić information content (AvgIpc) is 1.55. The minimum Gasteiger partial charge on any atom is -1.00 e. The van der Waals surface area contributed by atoms with Crippen molar-refractivity contribution in [3.8, 4) is 24.2 Å². The number of terminal acetylenes is 1. The fourth-order valence-corrected chi connectivity index (χ4v) is 20.9. The number of halogens is 3. The molecule has 8 aliphatic rings. The summed E-state index contributed by atoms with van der Waals surface area (Å²) in [7, 11) is 0. The molecule has 30 nitrogen and oxygen atoms in total. The van der Waals surface area contributed by atoms with E-state index < -0.39 is 50.2 Å². The molecule has 4 N–H and O–H groups in total. The van der Waals surface area contributed by atoms with Gasteiger partial charge in [-0.25, -0.2) is 19.2 Å². The predicted octanol–water partition coefficient (Wildman–Crippen LogP) is 12.2. The third-order valence-corrected chi connectivity index (χ3v) is 27.9. The number of aromatic nitrogens is 4. The summed E-state index contributed by atoms with van der Waals surface area (Å²) in [4.78, 5) is 145. The average molecular weight is 2440 g/mol. The molecule has 0 radical (unpaired) electrons. The Morgan fingerprint density at radius 2 is 0.750 bits per heavy atom. The van der Waals surface area contributed by atoms with Crippen molar-refractivity contribution in [2.45, 2.75) is 184 Å². The Kier molecular flexibility index (Phi) is 39.7. The molecule has 8 aromatic carbocycles. The normalized spacial score (nSPS) is 15.4. The number of aliphatic hydroxyl groups excluding tert-OH is 3. The number of fused-ring (bicyclic) bond motifs is 12. The number of anilines is 4. The molecule has 0 bridgehead atoms. The summed E-state index contributed by atoms with van der Waals surface area (Å²) in [5, 5.41) is 47.1. The Morgan fingerprint density at radius 3 is 1.13 bits per heavy atom. The van der Waals surface area contributed by atoms with Crippen molar-refractivity contribution in [1.29, 1.82) is 0 Å². The van der Waals surface area contributed by atoms with Gasteiger partial charge in [0, 0.05) is 161 Å². The predicted molar refractivity (Wildman–Crippen MR) is 568 cm³/mol. The first-order valence-corrected chi connectivity index (χ1v) is 50.7. The number of benzene rings is 8. The summed E-state index contributed by atoms with van der Waals surface area (Å²) in [6, 6.07) is 63.3. The number of amides is 8. The smallest absolute Gasteiger partial charge is 1.00 e. The second-order valence-electron chi connectivity index (χ2n) is 40.5. The van der Waals surface area contributed by atoms with Crippen molar-refractivity contribution in [3.63, 3.8) is 0 Å². The third kappa shape index (κ3) is 26.1. The van der Waals surface area contributed by atoms with Crippen molar-refractivity contribution in [2.75, 3.05) is 92.2 Å². The van der Waals surface area contributed by atoms with Gasteiger partial charge in [-0.15, -0.1) is 12.3 Å². The zero-order valence-electron chi connectivity index (χ0n) is 86.6. The van der Waals surface area contributed by atoms with Gasteiger partial charge in [-0.2, -0.15) is 0 Å². The van der Waals surface area contributed by atoms with Crippen molar-refractivity contribution in [3.05, 3.63) is 284 Å². The Balaban J connectivity index is 0.000000177. The number of nitrogens with zero attached hydrogens (tertiary/aromatic N) is 11. The van der Waals surface area contributed by atoms with Crippen molar-refractivity contribution in [1.82, 2.24) is 39.5 Å². The Morgan fingerprint density at radius 1 is 0.432 bits per heavy atom. The minimum absolute atomic E-state index is 0. The molecular formula is C113H119Br3Cs2N12O18. The molecule has 0 unspecified atom stereocenters. The molecule has 12 heterocycles. The van der Waals surface area contributed by atoms with E-state index in [-0.39, 0.29) is 227 Å². The number of pyridine rings is 4. The SMILES string of the molecule is BrCc1ncc2ccccc2c1Br.C#CCCO.CC(C)(C)OC(=O)N1CC2(C1)C(=O)N(Cc1ncc3ccccc3c1Br)c1ccccc12.CC(C)(C)OC(=O)N1CC2(C1)C(=O)N(Cc1ncc3ccccc3c1C#CCCO)c1ccccc12.CC(C)(C)OC(=O)N1CC2(C1)C(=O)N(Cc1ncc3ccccc3c1CCCCO)c1ccccc12.CC(C)(C)OC(=O)N1CC2(C1)C(=O)Nc1ccccc12.O=CO[O-].[Cs+].[Cs+].[H-]. The molecule has 4 spiro atoms. The molecule has 0 atom stereocenters. The number of alkyl halides is 1. The number of unbranched alkanes of at least 4 members (excludes halogenated alkanes) is 1. The zero-order valence-corrected chi connectivity index (χ0v) is 103. The van der Waals surface area contributed by atoms with Gasteiger partial charge >= 0.3 is 162 Å². The molecule has 12 aromatic rings. The number of para-hydroxylation sites is 4. The van der Waals surface area contributed by atoms with Crippen LogP contribution in [0.2, 0.25) is 0 Å². The van der Waals surface area contributed by atoms with E-state index >= 15 is 0 Å². The molecule has 4 aromatic heterocycles. The number of ether oxygens (including phenoxy) is 4. The Bertz CT molecular complexity index is 7060. The maximum atomic E-state index is 13.9. The van der Waals surface area contributed by atoms with Gasteiger partial charge in [-0.3, -0.25) is 43.9 Å². The van der Waals surface area contributed by atoms with Gasteiger partial charge in [0.15, 0.2) is 0 Å². The van der Waals surface area contributed by atoms with Gasteiger partial charge < -0.3 is 85.5 Å². The first-order valence-electron chi connectivity index (χ1n) is 48.0. The van der Waals surface area contributed by atoms with Crippen LogP contribution < -0.4 is 163 Å². The van der Waals surface area contributed by atoms with Crippen LogP contribution in [0, 0.1) is 24.2 Å².